The van der Waals surface area contributed by atoms with Crippen LogP contribution in [0.25, 0.3) is 10.8 Å². The number of nitro benzene ring substituents is 1. The Kier molecular flexibility index (Phi) is 5.73. The van der Waals surface area contributed by atoms with Gasteiger partial charge in [-0.2, -0.15) is 0 Å². The number of carbonyl (C=O) groups is 2. The molecule has 2 amide bonds. The normalized spacial score (nSPS) is 11.6. The third-order valence-corrected chi connectivity index (χ3v) is 4.62. The van der Waals surface area contributed by atoms with Crippen molar-refractivity contribution in [3.8, 4) is 0 Å². The van der Waals surface area contributed by atoms with E-state index in [9.17, 15) is 24.8 Å². The van der Waals surface area contributed by atoms with Gasteiger partial charge in [0.15, 0.2) is 0 Å². The molecule has 0 fully saturated rings. The lowest BCUT2D eigenvalue weighted by Crippen LogP contribution is -2.44. The van der Waals surface area contributed by atoms with Gasteiger partial charge in [-0.05, 0) is 23.9 Å². The molecule has 148 valence electrons. The Balaban J connectivity index is 1.86. The van der Waals surface area contributed by atoms with Crippen LogP contribution in [0.5, 0.6) is 0 Å². The predicted octanol–water partition coefficient (Wildman–Crippen LogP) is 4.26. The number of amides is 2. The van der Waals surface area contributed by atoms with Gasteiger partial charge in [0.1, 0.15) is 6.04 Å². The zero-order chi connectivity index (χ0) is 21.0. The molecule has 0 saturated carbocycles. The van der Waals surface area contributed by atoms with Crippen LogP contribution in [0.2, 0.25) is 0 Å². The second kappa shape index (κ2) is 8.39. The largest absolute Gasteiger partial charge is 0.480 e. The van der Waals surface area contributed by atoms with E-state index >= 15 is 0 Å². The molecule has 0 aliphatic heterocycles. The van der Waals surface area contributed by atoms with Crippen LogP contribution in [-0.4, -0.2) is 33.0 Å². The highest BCUT2D eigenvalue weighted by Gasteiger charge is 2.26. The number of nitro groups is 1. The summed E-state index contributed by atoms with van der Waals surface area (Å²) < 4.78 is 0. The first-order chi connectivity index (χ1) is 13.9. The molecule has 0 aliphatic rings. The van der Waals surface area contributed by atoms with E-state index in [2.05, 4.69) is 5.32 Å². The molecule has 8 heteroatoms. The molecule has 3 rings (SSSR count). The van der Waals surface area contributed by atoms with E-state index in [0.717, 1.165) is 10.8 Å². The Morgan fingerprint density at radius 3 is 2.38 bits per heavy atom. The van der Waals surface area contributed by atoms with Crippen LogP contribution in [-0.2, 0) is 11.3 Å². The fraction of sp³-hybridized carbons (Fsp3) is 0.143. The SMILES string of the molecule is C[C@@H](C(=O)O)N(Cc1ccc([N+](=O)[O-])cc1)C(=O)Nc1cccc2ccccc12. The molecule has 8 nitrogen and oxygen atoms in total. The van der Waals surface area contributed by atoms with Crippen molar-refractivity contribution in [2.75, 3.05) is 5.32 Å². The summed E-state index contributed by atoms with van der Waals surface area (Å²) in [5.41, 5.74) is 1.07. The highest BCUT2D eigenvalue weighted by molar-refractivity contribution is 6.02. The second-order valence-electron chi connectivity index (χ2n) is 6.52. The van der Waals surface area contributed by atoms with Crippen LogP contribution in [0, 0.1) is 10.1 Å². The number of anilines is 1. The average Bonchev–Trinajstić information content (AvgIpc) is 2.72. The van der Waals surface area contributed by atoms with E-state index < -0.39 is 23.0 Å². The quantitative estimate of drug-likeness (QED) is 0.480. The van der Waals surface area contributed by atoms with Gasteiger partial charge in [0, 0.05) is 24.1 Å². The molecule has 1 atom stereocenters. The molecule has 0 bridgehead atoms. The maximum atomic E-state index is 12.9. The van der Waals surface area contributed by atoms with Crippen LogP contribution in [0.15, 0.2) is 66.7 Å². The van der Waals surface area contributed by atoms with Crippen molar-refractivity contribution >= 4 is 34.1 Å². The van der Waals surface area contributed by atoms with Crippen LogP contribution in [0.4, 0.5) is 16.2 Å². The summed E-state index contributed by atoms with van der Waals surface area (Å²) in [6, 6.07) is 17.0. The first kappa shape index (κ1) is 19.8. The van der Waals surface area contributed by atoms with Crippen molar-refractivity contribution in [1.82, 2.24) is 4.90 Å². The minimum absolute atomic E-state index is 0.0118. The number of hydrogen-bond donors (Lipinski definition) is 2. The molecule has 0 aliphatic carbocycles. The Morgan fingerprint density at radius 2 is 1.72 bits per heavy atom. The van der Waals surface area contributed by atoms with Gasteiger partial charge in [-0.25, -0.2) is 9.59 Å². The van der Waals surface area contributed by atoms with Gasteiger partial charge in [0.05, 0.1) is 10.6 Å². The van der Waals surface area contributed by atoms with Crippen molar-refractivity contribution < 1.29 is 19.6 Å². The number of aliphatic carboxylic acids is 1. The monoisotopic (exact) mass is 393 g/mol. The van der Waals surface area contributed by atoms with Crippen LogP contribution < -0.4 is 5.32 Å². The summed E-state index contributed by atoms with van der Waals surface area (Å²) in [4.78, 5) is 35.9. The van der Waals surface area contributed by atoms with Crippen molar-refractivity contribution in [1.29, 1.82) is 0 Å². The van der Waals surface area contributed by atoms with Crippen LogP contribution in [0.1, 0.15) is 12.5 Å². The highest BCUT2D eigenvalue weighted by Crippen LogP contribution is 2.24. The van der Waals surface area contributed by atoms with E-state index in [0.29, 0.717) is 11.3 Å². The number of hydrogen-bond acceptors (Lipinski definition) is 4. The Morgan fingerprint density at radius 1 is 1.07 bits per heavy atom. The van der Waals surface area contributed by atoms with Gasteiger partial charge < -0.3 is 15.3 Å². The highest BCUT2D eigenvalue weighted by atomic mass is 16.6. The molecule has 29 heavy (non-hydrogen) atoms. The van der Waals surface area contributed by atoms with E-state index in [1.54, 1.807) is 12.1 Å². The first-order valence-corrected chi connectivity index (χ1v) is 8.88. The van der Waals surface area contributed by atoms with Gasteiger partial charge in [-0.3, -0.25) is 10.1 Å². The number of benzene rings is 3. The summed E-state index contributed by atoms with van der Waals surface area (Å²) in [5, 5.41) is 24.8. The molecule has 0 heterocycles. The average molecular weight is 393 g/mol. The van der Waals surface area contributed by atoms with E-state index in [-0.39, 0.29) is 12.2 Å². The number of rotatable bonds is 6. The summed E-state index contributed by atoms with van der Waals surface area (Å²) in [6.45, 7) is 1.40. The molecule has 0 aromatic heterocycles. The third kappa shape index (κ3) is 4.49. The van der Waals surface area contributed by atoms with Crippen molar-refractivity contribution in [2.45, 2.75) is 19.5 Å². The fourth-order valence-electron chi connectivity index (χ4n) is 2.96. The number of carbonyl (C=O) groups excluding carboxylic acids is 1. The predicted molar refractivity (Wildman–Crippen MR) is 109 cm³/mol. The van der Waals surface area contributed by atoms with E-state index in [1.165, 1.54) is 36.1 Å². The summed E-state index contributed by atoms with van der Waals surface area (Å²) in [5.74, 6) is -1.15. The Bertz CT molecular complexity index is 1060. The second-order valence-corrected chi connectivity index (χ2v) is 6.52. The summed E-state index contributed by atoms with van der Waals surface area (Å²) >= 11 is 0. The lowest BCUT2D eigenvalue weighted by atomic mass is 10.1. The maximum Gasteiger partial charge on any atom is 0.326 e. The van der Waals surface area contributed by atoms with Gasteiger partial charge in [-0.1, -0.05) is 48.5 Å². The van der Waals surface area contributed by atoms with Crippen LogP contribution in [0.3, 0.4) is 0 Å². The molecule has 2 N–H and O–H groups in total. The smallest absolute Gasteiger partial charge is 0.326 e. The van der Waals surface area contributed by atoms with E-state index in [4.69, 9.17) is 0 Å². The van der Waals surface area contributed by atoms with Gasteiger partial charge in [0.25, 0.3) is 5.69 Å². The summed E-state index contributed by atoms with van der Waals surface area (Å²) in [6.07, 6.45) is 0. The molecule has 3 aromatic carbocycles. The van der Waals surface area contributed by atoms with Crippen molar-refractivity contribution in [2.24, 2.45) is 0 Å². The van der Waals surface area contributed by atoms with Crippen molar-refractivity contribution in [3.05, 3.63) is 82.4 Å². The molecule has 0 saturated heterocycles. The number of nitrogens with zero attached hydrogens (tertiary/aromatic N) is 2. The number of carboxylic acids is 1. The van der Waals surface area contributed by atoms with Gasteiger partial charge >= 0.3 is 12.0 Å². The molecule has 3 aromatic rings. The molecule has 0 radical (unpaired) electrons. The zero-order valence-electron chi connectivity index (χ0n) is 15.6. The van der Waals surface area contributed by atoms with E-state index in [1.807, 2.05) is 30.3 Å². The summed E-state index contributed by atoms with van der Waals surface area (Å²) in [7, 11) is 0. The first-order valence-electron chi connectivity index (χ1n) is 8.88. The number of nitrogens with one attached hydrogen (secondary N) is 1. The number of urea groups is 1. The number of non-ortho nitro benzene ring substituents is 1. The zero-order valence-corrected chi connectivity index (χ0v) is 15.6. The fourth-order valence-corrected chi connectivity index (χ4v) is 2.96. The molecular weight excluding hydrogens is 374 g/mol. The topological polar surface area (TPSA) is 113 Å². The minimum Gasteiger partial charge on any atom is -0.480 e. The van der Waals surface area contributed by atoms with Gasteiger partial charge in [0.2, 0.25) is 0 Å². The van der Waals surface area contributed by atoms with Gasteiger partial charge in [-0.15, -0.1) is 0 Å². The molecular formula is C21H19N3O5. The molecule has 0 spiro atoms. The van der Waals surface area contributed by atoms with Crippen molar-refractivity contribution in [3.63, 3.8) is 0 Å². The third-order valence-electron chi connectivity index (χ3n) is 4.62. The van der Waals surface area contributed by atoms with Crippen LogP contribution >= 0.6 is 0 Å². The lowest BCUT2D eigenvalue weighted by molar-refractivity contribution is -0.384. The number of carboxylic acid groups (broad SMARTS) is 1. The Labute approximate surface area is 166 Å². The standard InChI is InChI=1S/C21H19N3O5/c1-14(20(25)26)23(13-15-9-11-17(12-10-15)24(28)29)21(27)22-19-8-4-6-16-5-2-3-7-18(16)19/h2-12,14H,13H2,1H3,(H,22,27)(H,25,26)/t14-/m0/s1. The lowest BCUT2D eigenvalue weighted by Gasteiger charge is -2.27. The minimum atomic E-state index is -1.15. The number of fused-ring (bicyclic) bond motifs is 1. The Hall–Kier alpha value is -3.94. The maximum absolute atomic E-state index is 12.9. The molecule has 0 unspecified atom stereocenters.